The molecular weight excluding hydrogens is 386 g/mol. The third kappa shape index (κ3) is 4.63. The van der Waals surface area contributed by atoms with Crippen LogP contribution in [0.4, 0.5) is 5.82 Å². The molecule has 2 heterocycles. The van der Waals surface area contributed by atoms with Crippen LogP contribution in [0.3, 0.4) is 0 Å². The van der Waals surface area contributed by atoms with Crippen LogP contribution in [0.15, 0.2) is 47.5 Å². The maximum Gasteiger partial charge on any atom is 0.245 e. The van der Waals surface area contributed by atoms with Gasteiger partial charge in [-0.2, -0.15) is 4.31 Å². The zero-order valence-electron chi connectivity index (χ0n) is 17.9. The molecule has 3 rings (SSSR count). The summed E-state index contributed by atoms with van der Waals surface area (Å²) in [4.78, 5) is 6.87. The van der Waals surface area contributed by atoms with Gasteiger partial charge in [0, 0.05) is 31.4 Å². The fraction of sp³-hybridized carbons (Fsp3) is 0.500. The number of nitrogens with zero attached hydrogens (tertiary/aromatic N) is 3. The van der Waals surface area contributed by atoms with E-state index in [0.717, 1.165) is 12.4 Å². The Hall–Kier alpha value is -1.96. The summed E-state index contributed by atoms with van der Waals surface area (Å²) in [5, 5.41) is 0. The molecule has 0 spiro atoms. The molecule has 1 atom stereocenters. The van der Waals surface area contributed by atoms with E-state index in [4.69, 9.17) is 4.74 Å². The van der Waals surface area contributed by atoms with Gasteiger partial charge >= 0.3 is 0 Å². The highest BCUT2D eigenvalue weighted by Crippen LogP contribution is 2.28. The van der Waals surface area contributed by atoms with Crippen LogP contribution in [-0.4, -0.2) is 49.5 Å². The minimum atomic E-state index is -3.58. The van der Waals surface area contributed by atoms with Gasteiger partial charge < -0.3 is 9.64 Å². The first-order valence-corrected chi connectivity index (χ1v) is 11.6. The minimum Gasteiger partial charge on any atom is -0.370 e. The lowest BCUT2D eigenvalue weighted by atomic mass is 10.0. The summed E-state index contributed by atoms with van der Waals surface area (Å²) in [5.74, 6) is 0.770. The Kier molecular flexibility index (Phi) is 6.61. The highest BCUT2D eigenvalue weighted by atomic mass is 32.2. The highest BCUT2D eigenvalue weighted by molar-refractivity contribution is 7.89. The third-order valence-electron chi connectivity index (χ3n) is 5.24. The summed E-state index contributed by atoms with van der Waals surface area (Å²) in [6, 6.07) is 11.5. The van der Waals surface area contributed by atoms with E-state index in [1.807, 2.05) is 39.8 Å². The van der Waals surface area contributed by atoms with Gasteiger partial charge in [0.25, 0.3) is 0 Å². The standard InChI is InChI=1S/C22H31N3O3S/c1-16(2)25(17(3)4)29(26,27)19-10-11-22(23-14-19)24-12-13-28-21(15-24)20-9-7-6-8-18(20)5/h6-11,14,16-17,21H,12-13,15H2,1-5H3. The van der Waals surface area contributed by atoms with Crippen molar-refractivity contribution in [3.05, 3.63) is 53.7 Å². The molecule has 2 aromatic rings. The van der Waals surface area contributed by atoms with Gasteiger partial charge in [0.05, 0.1) is 6.61 Å². The van der Waals surface area contributed by atoms with Gasteiger partial charge in [-0.25, -0.2) is 13.4 Å². The maximum atomic E-state index is 13.0. The SMILES string of the molecule is Cc1ccccc1C1CN(c2ccc(S(=O)(=O)N(C(C)C)C(C)C)cn2)CCO1. The van der Waals surface area contributed by atoms with Crippen LogP contribution < -0.4 is 4.90 Å². The summed E-state index contributed by atoms with van der Waals surface area (Å²) in [5.41, 5.74) is 2.39. The zero-order valence-corrected chi connectivity index (χ0v) is 18.7. The number of hydrogen-bond donors (Lipinski definition) is 0. The summed E-state index contributed by atoms with van der Waals surface area (Å²) >= 11 is 0. The molecule has 0 radical (unpaired) electrons. The summed E-state index contributed by atoms with van der Waals surface area (Å²) < 4.78 is 33.6. The van der Waals surface area contributed by atoms with Gasteiger partial charge in [-0.05, 0) is 57.9 Å². The quantitative estimate of drug-likeness (QED) is 0.716. The molecule has 0 aliphatic carbocycles. The molecule has 158 valence electrons. The molecule has 1 aliphatic heterocycles. The van der Waals surface area contributed by atoms with Gasteiger partial charge in [0.1, 0.15) is 16.8 Å². The molecular formula is C22H31N3O3S. The van der Waals surface area contributed by atoms with Crippen molar-refractivity contribution in [1.82, 2.24) is 9.29 Å². The fourth-order valence-corrected chi connectivity index (χ4v) is 5.76. The van der Waals surface area contributed by atoms with E-state index < -0.39 is 10.0 Å². The van der Waals surface area contributed by atoms with Crippen LogP contribution >= 0.6 is 0 Å². The average Bonchev–Trinajstić information content (AvgIpc) is 2.67. The van der Waals surface area contributed by atoms with E-state index >= 15 is 0 Å². The number of aromatic nitrogens is 1. The first kappa shape index (κ1) is 21.7. The zero-order chi connectivity index (χ0) is 21.2. The molecule has 0 amide bonds. The topological polar surface area (TPSA) is 62.7 Å². The molecule has 0 saturated carbocycles. The van der Waals surface area contributed by atoms with E-state index in [-0.39, 0.29) is 23.1 Å². The van der Waals surface area contributed by atoms with E-state index in [2.05, 4.69) is 28.9 Å². The van der Waals surface area contributed by atoms with E-state index in [9.17, 15) is 8.42 Å². The number of aryl methyl sites for hydroxylation is 1. The average molecular weight is 418 g/mol. The van der Waals surface area contributed by atoms with Gasteiger partial charge in [-0.1, -0.05) is 24.3 Å². The second-order valence-corrected chi connectivity index (χ2v) is 9.88. The van der Waals surface area contributed by atoms with E-state index in [0.29, 0.717) is 13.2 Å². The molecule has 1 unspecified atom stereocenters. The predicted octanol–water partition coefficient (Wildman–Crippen LogP) is 3.78. The molecule has 1 aromatic carbocycles. The lowest BCUT2D eigenvalue weighted by Crippen LogP contribution is -2.42. The number of rotatable bonds is 6. The molecule has 0 N–H and O–H groups in total. The number of hydrogen-bond acceptors (Lipinski definition) is 5. The largest absolute Gasteiger partial charge is 0.370 e. The minimum absolute atomic E-state index is 0.0208. The smallest absolute Gasteiger partial charge is 0.245 e. The molecule has 6 nitrogen and oxygen atoms in total. The molecule has 1 saturated heterocycles. The molecule has 1 aromatic heterocycles. The number of sulfonamides is 1. The molecule has 1 aliphatic rings. The molecule has 7 heteroatoms. The first-order chi connectivity index (χ1) is 13.7. The van der Waals surface area contributed by atoms with Crippen LogP contribution in [0, 0.1) is 6.92 Å². The van der Waals surface area contributed by atoms with E-state index in [1.165, 1.54) is 21.6 Å². The van der Waals surface area contributed by atoms with Crippen LogP contribution in [-0.2, 0) is 14.8 Å². The van der Waals surface area contributed by atoms with Crippen LogP contribution in [0.25, 0.3) is 0 Å². The predicted molar refractivity (Wildman–Crippen MR) is 116 cm³/mol. The number of pyridine rings is 1. The third-order valence-corrected chi connectivity index (χ3v) is 7.48. The molecule has 0 bridgehead atoms. The van der Waals surface area contributed by atoms with Crippen LogP contribution in [0.2, 0.25) is 0 Å². The van der Waals surface area contributed by atoms with Crippen molar-refractivity contribution in [2.24, 2.45) is 0 Å². The Morgan fingerprint density at radius 2 is 1.79 bits per heavy atom. The number of benzene rings is 1. The van der Waals surface area contributed by atoms with Gasteiger partial charge in [0.2, 0.25) is 10.0 Å². The fourth-order valence-electron chi connectivity index (χ4n) is 3.98. The highest BCUT2D eigenvalue weighted by Gasteiger charge is 2.30. The van der Waals surface area contributed by atoms with Gasteiger partial charge in [-0.3, -0.25) is 0 Å². The van der Waals surface area contributed by atoms with Crippen molar-refractivity contribution in [1.29, 1.82) is 0 Å². The van der Waals surface area contributed by atoms with Crippen molar-refractivity contribution in [3.8, 4) is 0 Å². The van der Waals surface area contributed by atoms with Crippen molar-refractivity contribution in [2.75, 3.05) is 24.6 Å². The monoisotopic (exact) mass is 417 g/mol. The number of anilines is 1. The first-order valence-electron chi connectivity index (χ1n) is 10.1. The number of morpholine rings is 1. The lowest BCUT2D eigenvalue weighted by molar-refractivity contribution is 0.0391. The normalized spacial score (nSPS) is 18.1. The van der Waals surface area contributed by atoms with E-state index in [1.54, 1.807) is 12.1 Å². The van der Waals surface area contributed by atoms with Crippen molar-refractivity contribution in [3.63, 3.8) is 0 Å². The Morgan fingerprint density at radius 3 is 2.38 bits per heavy atom. The van der Waals surface area contributed by atoms with Gasteiger partial charge in [0.15, 0.2) is 0 Å². The van der Waals surface area contributed by atoms with Crippen molar-refractivity contribution >= 4 is 15.8 Å². The second kappa shape index (κ2) is 8.81. The lowest BCUT2D eigenvalue weighted by Gasteiger charge is -2.34. The van der Waals surface area contributed by atoms with Crippen LogP contribution in [0.1, 0.15) is 44.9 Å². The molecule has 1 fully saturated rings. The second-order valence-electron chi connectivity index (χ2n) is 8.04. The number of ether oxygens (including phenoxy) is 1. The van der Waals surface area contributed by atoms with Crippen molar-refractivity contribution in [2.45, 2.75) is 57.7 Å². The maximum absolute atomic E-state index is 13.0. The molecule has 29 heavy (non-hydrogen) atoms. The summed E-state index contributed by atoms with van der Waals surface area (Å²) in [6.45, 7) is 11.7. The van der Waals surface area contributed by atoms with Crippen molar-refractivity contribution < 1.29 is 13.2 Å². The van der Waals surface area contributed by atoms with Crippen LogP contribution in [0.5, 0.6) is 0 Å². The Morgan fingerprint density at radius 1 is 1.10 bits per heavy atom. The Labute approximate surface area is 174 Å². The Bertz CT molecular complexity index is 919. The Balaban J connectivity index is 1.80. The summed E-state index contributed by atoms with van der Waals surface area (Å²) in [6.07, 6.45) is 1.45. The summed E-state index contributed by atoms with van der Waals surface area (Å²) in [7, 11) is -3.58. The van der Waals surface area contributed by atoms with Gasteiger partial charge in [-0.15, -0.1) is 0 Å².